The molecule has 0 aliphatic carbocycles. The molecule has 1 N–H and O–H groups in total. The maximum absolute atomic E-state index is 12.8. The fraction of sp³-hybridized carbons (Fsp3) is 0.474. The zero-order valence-corrected chi connectivity index (χ0v) is 17.6. The Bertz CT molecular complexity index is 917. The SMILES string of the molecule is CC(C)n1cnc(S(=O)(=O)N2CCC(C(=O)NCc3ccc(Cl)cc3)CC2)c1. The van der Waals surface area contributed by atoms with Crippen molar-refractivity contribution >= 4 is 27.5 Å². The van der Waals surface area contributed by atoms with Gasteiger partial charge in [-0.3, -0.25) is 4.79 Å². The lowest BCUT2D eigenvalue weighted by Gasteiger charge is -2.30. The summed E-state index contributed by atoms with van der Waals surface area (Å²) in [6.07, 6.45) is 4.09. The standard InChI is InChI=1S/C19H25ClN4O3S/c1-14(2)23-12-18(22-13-23)28(26,27)24-9-7-16(8-10-24)19(25)21-11-15-3-5-17(20)6-4-15/h3-6,12-14,16H,7-11H2,1-2H3,(H,21,25). The third kappa shape index (κ3) is 4.74. The molecule has 1 amide bonds. The molecule has 9 heteroatoms. The number of aromatic nitrogens is 2. The lowest BCUT2D eigenvalue weighted by atomic mass is 9.97. The molecule has 28 heavy (non-hydrogen) atoms. The zero-order chi connectivity index (χ0) is 20.3. The van der Waals surface area contributed by atoms with Crippen LogP contribution in [-0.4, -0.2) is 41.3 Å². The van der Waals surface area contributed by atoms with Gasteiger partial charge in [-0.15, -0.1) is 0 Å². The van der Waals surface area contributed by atoms with Crippen molar-refractivity contribution < 1.29 is 13.2 Å². The monoisotopic (exact) mass is 424 g/mol. The van der Waals surface area contributed by atoms with E-state index in [1.165, 1.54) is 10.6 Å². The Balaban J connectivity index is 1.54. The summed E-state index contributed by atoms with van der Waals surface area (Å²) in [7, 11) is -3.63. The van der Waals surface area contributed by atoms with Crippen LogP contribution in [-0.2, 0) is 21.4 Å². The molecule has 1 aliphatic rings. The number of nitrogens with zero attached hydrogens (tertiary/aromatic N) is 3. The van der Waals surface area contributed by atoms with Crippen molar-refractivity contribution in [3.63, 3.8) is 0 Å². The smallest absolute Gasteiger partial charge is 0.262 e. The number of nitrogens with one attached hydrogen (secondary N) is 1. The van der Waals surface area contributed by atoms with Crippen LogP contribution in [0.15, 0.2) is 41.8 Å². The van der Waals surface area contributed by atoms with E-state index in [2.05, 4.69) is 10.3 Å². The van der Waals surface area contributed by atoms with E-state index in [9.17, 15) is 13.2 Å². The van der Waals surface area contributed by atoms with Crippen LogP contribution in [0.3, 0.4) is 0 Å². The Morgan fingerprint density at radius 1 is 1.25 bits per heavy atom. The van der Waals surface area contributed by atoms with E-state index < -0.39 is 10.0 Å². The number of hydrogen-bond donors (Lipinski definition) is 1. The first-order valence-electron chi connectivity index (χ1n) is 9.33. The Morgan fingerprint density at radius 3 is 2.46 bits per heavy atom. The van der Waals surface area contributed by atoms with Crippen molar-refractivity contribution in [3.8, 4) is 0 Å². The molecule has 0 spiro atoms. The minimum atomic E-state index is -3.63. The molecule has 2 aromatic rings. The number of benzene rings is 1. The molecule has 2 heterocycles. The minimum absolute atomic E-state index is 0.0453. The molecular formula is C19H25ClN4O3S. The number of carbonyl (C=O) groups is 1. The van der Waals surface area contributed by atoms with Crippen LogP contribution in [0, 0.1) is 5.92 Å². The van der Waals surface area contributed by atoms with Crippen LogP contribution in [0.4, 0.5) is 0 Å². The van der Waals surface area contributed by atoms with Gasteiger partial charge in [0.1, 0.15) is 0 Å². The summed E-state index contributed by atoms with van der Waals surface area (Å²) in [4.78, 5) is 16.5. The first-order valence-corrected chi connectivity index (χ1v) is 11.1. The highest BCUT2D eigenvalue weighted by atomic mass is 35.5. The second-order valence-corrected chi connectivity index (χ2v) is 9.60. The van der Waals surface area contributed by atoms with Gasteiger partial charge >= 0.3 is 0 Å². The number of carbonyl (C=O) groups excluding carboxylic acids is 1. The maximum Gasteiger partial charge on any atom is 0.262 e. The minimum Gasteiger partial charge on any atom is -0.352 e. The molecule has 1 aromatic carbocycles. The lowest BCUT2D eigenvalue weighted by Crippen LogP contribution is -2.42. The molecule has 152 valence electrons. The van der Waals surface area contributed by atoms with Gasteiger partial charge in [0.05, 0.1) is 6.33 Å². The van der Waals surface area contributed by atoms with E-state index in [0.29, 0.717) is 37.5 Å². The average molecular weight is 425 g/mol. The highest BCUT2D eigenvalue weighted by molar-refractivity contribution is 7.89. The highest BCUT2D eigenvalue weighted by Gasteiger charge is 2.33. The zero-order valence-electron chi connectivity index (χ0n) is 16.0. The number of halogens is 1. The van der Waals surface area contributed by atoms with Crippen molar-refractivity contribution in [1.82, 2.24) is 19.2 Å². The third-order valence-corrected chi connectivity index (χ3v) is 7.02. The molecule has 1 fully saturated rings. The van der Waals surface area contributed by atoms with Crippen molar-refractivity contribution in [2.75, 3.05) is 13.1 Å². The third-order valence-electron chi connectivity index (χ3n) is 4.98. The normalized spacial score (nSPS) is 16.4. The fourth-order valence-electron chi connectivity index (χ4n) is 3.16. The number of imidazole rings is 1. The Morgan fingerprint density at radius 2 is 1.89 bits per heavy atom. The Hall–Kier alpha value is -1.90. The van der Waals surface area contributed by atoms with Gasteiger partial charge in [0.25, 0.3) is 10.0 Å². The summed E-state index contributed by atoms with van der Waals surface area (Å²) in [5, 5.41) is 3.64. The van der Waals surface area contributed by atoms with Gasteiger partial charge in [0.2, 0.25) is 5.91 Å². The molecule has 1 saturated heterocycles. The number of amides is 1. The quantitative estimate of drug-likeness (QED) is 0.772. The molecule has 0 bridgehead atoms. The van der Waals surface area contributed by atoms with E-state index in [-0.39, 0.29) is 22.9 Å². The van der Waals surface area contributed by atoms with Crippen molar-refractivity contribution in [2.45, 2.75) is 44.3 Å². The van der Waals surface area contributed by atoms with E-state index in [0.717, 1.165) is 5.56 Å². The predicted molar refractivity (Wildman–Crippen MR) is 107 cm³/mol. The van der Waals surface area contributed by atoms with Crippen LogP contribution in [0.5, 0.6) is 0 Å². The number of rotatable bonds is 6. The Labute approximate surface area is 170 Å². The largest absolute Gasteiger partial charge is 0.352 e. The van der Waals surface area contributed by atoms with Gasteiger partial charge in [-0.05, 0) is 44.4 Å². The fourth-order valence-corrected chi connectivity index (χ4v) is 4.68. The van der Waals surface area contributed by atoms with Crippen LogP contribution in [0.1, 0.15) is 38.3 Å². The number of sulfonamides is 1. The van der Waals surface area contributed by atoms with Gasteiger partial charge in [-0.2, -0.15) is 4.31 Å². The molecule has 7 nitrogen and oxygen atoms in total. The summed E-state index contributed by atoms with van der Waals surface area (Å²) in [6.45, 7) is 4.99. The Kier molecular flexibility index (Phi) is 6.42. The summed E-state index contributed by atoms with van der Waals surface area (Å²) >= 11 is 5.86. The maximum atomic E-state index is 12.8. The summed E-state index contributed by atoms with van der Waals surface area (Å²) in [5.74, 6) is -0.233. The van der Waals surface area contributed by atoms with Crippen LogP contribution < -0.4 is 5.32 Å². The van der Waals surface area contributed by atoms with E-state index in [4.69, 9.17) is 11.6 Å². The van der Waals surface area contributed by atoms with Gasteiger partial charge < -0.3 is 9.88 Å². The molecule has 0 saturated carbocycles. The first kappa shape index (κ1) is 20.8. The van der Waals surface area contributed by atoms with Crippen LogP contribution in [0.25, 0.3) is 0 Å². The van der Waals surface area contributed by atoms with Gasteiger partial charge in [-0.1, -0.05) is 23.7 Å². The number of hydrogen-bond acceptors (Lipinski definition) is 4. The summed E-state index contributed by atoms with van der Waals surface area (Å²) < 4.78 is 28.7. The second kappa shape index (κ2) is 8.63. The molecule has 1 aromatic heterocycles. The summed E-state index contributed by atoms with van der Waals surface area (Å²) in [6, 6.07) is 7.45. The highest BCUT2D eigenvalue weighted by Crippen LogP contribution is 2.24. The van der Waals surface area contributed by atoms with Gasteiger partial charge in [0, 0.05) is 42.8 Å². The van der Waals surface area contributed by atoms with E-state index in [1.807, 2.05) is 26.0 Å². The molecular weight excluding hydrogens is 400 g/mol. The molecule has 0 radical (unpaired) electrons. The van der Waals surface area contributed by atoms with Gasteiger partial charge in [-0.25, -0.2) is 13.4 Å². The first-order chi connectivity index (χ1) is 13.3. The van der Waals surface area contributed by atoms with Crippen molar-refractivity contribution in [1.29, 1.82) is 0 Å². The lowest BCUT2D eigenvalue weighted by molar-refractivity contribution is -0.126. The molecule has 0 unspecified atom stereocenters. The van der Waals surface area contributed by atoms with Crippen LogP contribution in [0.2, 0.25) is 5.02 Å². The average Bonchev–Trinajstić information content (AvgIpc) is 3.19. The van der Waals surface area contributed by atoms with Crippen LogP contribution >= 0.6 is 11.6 Å². The topological polar surface area (TPSA) is 84.3 Å². The predicted octanol–water partition coefficient (Wildman–Crippen LogP) is 2.83. The summed E-state index contributed by atoms with van der Waals surface area (Å²) in [5.41, 5.74) is 0.971. The molecule has 0 atom stereocenters. The molecule has 1 aliphatic heterocycles. The van der Waals surface area contributed by atoms with E-state index in [1.54, 1.807) is 22.9 Å². The number of piperidine rings is 1. The van der Waals surface area contributed by atoms with E-state index >= 15 is 0 Å². The van der Waals surface area contributed by atoms with Gasteiger partial charge in [0.15, 0.2) is 5.03 Å². The second-order valence-electron chi connectivity index (χ2n) is 7.28. The molecule has 3 rings (SSSR count). The van der Waals surface area contributed by atoms with Crippen molar-refractivity contribution in [3.05, 3.63) is 47.4 Å². The van der Waals surface area contributed by atoms with Crippen molar-refractivity contribution in [2.24, 2.45) is 5.92 Å².